The molecule has 0 bridgehead atoms. The highest BCUT2D eigenvalue weighted by molar-refractivity contribution is 5.89. The highest BCUT2D eigenvalue weighted by Gasteiger charge is 2.32. The Hall–Kier alpha value is -2.49. The summed E-state index contributed by atoms with van der Waals surface area (Å²) in [5, 5.41) is 0. The van der Waals surface area contributed by atoms with E-state index in [-0.39, 0.29) is 12.2 Å². The molecular weight excluding hydrogens is 276 g/mol. The maximum atomic E-state index is 12.0. The minimum absolute atomic E-state index is 0.0516. The van der Waals surface area contributed by atoms with Crippen molar-refractivity contribution in [2.24, 2.45) is 0 Å². The van der Waals surface area contributed by atoms with E-state index < -0.39 is 0 Å². The fourth-order valence-corrected chi connectivity index (χ4v) is 2.60. The summed E-state index contributed by atoms with van der Waals surface area (Å²) in [5.74, 6) is 0. The first-order valence-corrected chi connectivity index (χ1v) is 7.49. The molecule has 1 aromatic heterocycles. The van der Waals surface area contributed by atoms with E-state index in [2.05, 4.69) is 6.58 Å². The zero-order chi connectivity index (χ0) is 15.5. The highest BCUT2D eigenvalue weighted by Crippen LogP contribution is 2.25. The van der Waals surface area contributed by atoms with Gasteiger partial charge in [0.05, 0.1) is 12.2 Å². The van der Waals surface area contributed by atoms with Gasteiger partial charge in [-0.2, -0.15) is 0 Å². The summed E-state index contributed by atoms with van der Waals surface area (Å²) in [7, 11) is 0. The average molecular weight is 296 g/mol. The van der Waals surface area contributed by atoms with E-state index in [0.717, 1.165) is 29.8 Å². The quantitative estimate of drug-likeness (QED) is 0.776. The molecule has 0 saturated carbocycles. The van der Waals surface area contributed by atoms with Crippen LogP contribution in [-0.4, -0.2) is 23.3 Å². The van der Waals surface area contributed by atoms with Gasteiger partial charge >= 0.3 is 6.09 Å². The van der Waals surface area contributed by atoms with E-state index >= 15 is 0 Å². The van der Waals surface area contributed by atoms with Gasteiger partial charge < -0.3 is 9.30 Å². The number of nitrogens with zero attached hydrogens (tertiary/aromatic N) is 2. The zero-order valence-corrected chi connectivity index (χ0v) is 12.7. The molecule has 3 rings (SSSR count). The highest BCUT2D eigenvalue weighted by atomic mass is 16.6. The summed E-state index contributed by atoms with van der Waals surface area (Å²) in [6.07, 6.45) is 5.31. The number of allylic oxidation sites excluding steroid dienone is 1. The van der Waals surface area contributed by atoms with Crippen molar-refractivity contribution in [2.45, 2.75) is 25.9 Å². The average Bonchev–Trinajstić information content (AvgIpc) is 3.12. The van der Waals surface area contributed by atoms with Gasteiger partial charge in [0.1, 0.15) is 6.10 Å². The number of carbonyl (C=O) groups is 1. The second kappa shape index (κ2) is 6.10. The molecule has 1 unspecified atom stereocenters. The molecule has 4 heteroatoms. The SMILES string of the molecule is C=C(C)CCC1CN(c2ccn(-c3ccccc3)c2)C(=O)O1. The molecule has 0 aliphatic carbocycles. The second-order valence-electron chi connectivity index (χ2n) is 5.72. The van der Waals surface area contributed by atoms with Crippen LogP contribution in [0.1, 0.15) is 19.8 Å². The van der Waals surface area contributed by atoms with Crippen molar-refractivity contribution in [2.75, 3.05) is 11.4 Å². The Morgan fingerprint density at radius 2 is 2.05 bits per heavy atom. The Bertz CT molecular complexity index is 675. The number of amides is 1. The number of carbonyl (C=O) groups excluding carboxylic acids is 1. The first-order chi connectivity index (χ1) is 10.6. The molecular formula is C18H20N2O2. The Labute approximate surface area is 130 Å². The van der Waals surface area contributed by atoms with Crippen molar-refractivity contribution in [3.05, 3.63) is 60.9 Å². The third-order valence-electron chi connectivity index (χ3n) is 3.81. The van der Waals surface area contributed by atoms with Crippen LogP contribution < -0.4 is 4.90 Å². The fourth-order valence-electron chi connectivity index (χ4n) is 2.60. The lowest BCUT2D eigenvalue weighted by Gasteiger charge is -2.10. The fraction of sp³-hybridized carbons (Fsp3) is 0.278. The largest absolute Gasteiger partial charge is 0.444 e. The van der Waals surface area contributed by atoms with Crippen LogP contribution in [0, 0.1) is 0 Å². The van der Waals surface area contributed by atoms with Crippen LogP contribution in [0.3, 0.4) is 0 Å². The standard InChI is InChI=1S/C18H20N2O2/c1-14(2)8-9-17-13-20(18(21)22-17)16-10-11-19(12-16)15-6-4-3-5-7-15/h3-7,10-12,17H,1,8-9,13H2,2H3. The van der Waals surface area contributed by atoms with E-state index in [1.54, 1.807) is 4.90 Å². The smallest absolute Gasteiger partial charge is 0.414 e. The first kappa shape index (κ1) is 14.4. The maximum absolute atomic E-state index is 12.0. The first-order valence-electron chi connectivity index (χ1n) is 7.49. The van der Waals surface area contributed by atoms with Gasteiger partial charge in [0.25, 0.3) is 0 Å². The molecule has 22 heavy (non-hydrogen) atoms. The molecule has 1 atom stereocenters. The molecule has 1 fully saturated rings. The second-order valence-corrected chi connectivity index (χ2v) is 5.72. The van der Waals surface area contributed by atoms with Crippen molar-refractivity contribution in [3.63, 3.8) is 0 Å². The number of ether oxygens (including phenoxy) is 1. The zero-order valence-electron chi connectivity index (χ0n) is 12.7. The third kappa shape index (κ3) is 3.06. The molecule has 1 saturated heterocycles. The van der Waals surface area contributed by atoms with Crippen molar-refractivity contribution in [3.8, 4) is 5.69 Å². The van der Waals surface area contributed by atoms with Crippen LogP contribution in [0.15, 0.2) is 60.9 Å². The predicted molar refractivity (Wildman–Crippen MR) is 87.4 cm³/mol. The number of hydrogen-bond acceptors (Lipinski definition) is 2. The van der Waals surface area contributed by atoms with E-state index in [1.165, 1.54) is 0 Å². The topological polar surface area (TPSA) is 34.5 Å². The summed E-state index contributed by atoms with van der Waals surface area (Å²) in [6.45, 7) is 6.49. The Morgan fingerprint density at radius 3 is 2.77 bits per heavy atom. The van der Waals surface area contributed by atoms with Gasteiger partial charge in [-0.15, -0.1) is 6.58 Å². The van der Waals surface area contributed by atoms with E-state index in [4.69, 9.17) is 4.74 Å². The summed E-state index contributed by atoms with van der Waals surface area (Å²) in [5.41, 5.74) is 3.05. The maximum Gasteiger partial charge on any atom is 0.414 e. The summed E-state index contributed by atoms with van der Waals surface area (Å²) >= 11 is 0. The monoisotopic (exact) mass is 296 g/mol. The van der Waals surface area contributed by atoms with Crippen molar-refractivity contribution in [1.82, 2.24) is 4.57 Å². The molecule has 1 aliphatic rings. The summed E-state index contributed by atoms with van der Waals surface area (Å²) in [4.78, 5) is 13.7. The molecule has 0 spiro atoms. The van der Waals surface area contributed by atoms with Gasteiger partial charge in [0.2, 0.25) is 0 Å². The predicted octanol–water partition coefficient (Wildman–Crippen LogP) is 4.16. The number of aromatic nitrogens is 1. The number of anilines is 1. The molecule has 2 heterocycles. The summed E-state index contributed by atoms with van der Waals surface area (Å²) in [6, 6.07) is 12.0. The van der Waals surface area contributed by atoms with E-state index in [9.17, 15) is 4.79 Å². The lowest BCUT2D eigenvalue weighted by atomic mass is 10.1. The number of cyclic esters (lactones) is 1. The number of hydrogen-bond donors (Lipinski definition) is 0. The number of rotatable bonds is 5. The van der Waals surface area contributed by atoms with Crippen LogP contribution in [0.2, 0.25) is 0 Å². The lowest BCUT2D eigenvalue weighted by Crippen LogP contribution is -2.24. The molecule has 1 amide bonds. The molecule has 1 aliphatic heterocycles. The molecule has 4 nitrogen and oxygen atoms in total. The number of para-hydroxylation sites is 1. The van der Waals surface area contributed by atoms with Gasteiger partial charge in [-0.25, -0.2) is 4.79 Å². The van der Waals surface area contributed by atoms with Gasteiger partial charge in [0.15, 0.2) is 0 Å². The van der Waals surface area contributed by atoms with Crippen molar-refractivity contribution < 1.29 is 9.53 Å². The van der Waals surface area contributed by atoms with Gasteiger partial charge in [0, 0.05) is 18.1 Å². The van der Waals surface area contributed by atoms with Crippen LogP contribution >= 0.6 is 0 Å². The van der Waals surface area contributed by atoms with Crippen molar-refractivity contribution in [1.29, 1.82) is 0 Å². The minimum atomic E-state index is -0.266. The molecule has 0 N–H and O–H groups in total. The molecule has 1 aromatic carbocycles. The number of benzene rings is 1. The minimum Gasteiger partial charge on any atom is -0.444 e. The van der Waals surface area contributed by atoms with Gasteiger partial charge in [-0.3, -0.25) is 4.90 Å². The Morgan fingerprint density at radius 1 is 1.27 bits per heavy atom. The van der Waals surface area contributed by atoms with Crippen molar-refractivity contribution >= 4 is 11.8 Å². The van der Waals surface area contributed by atoms with E-state index in [0.29, 0.717) is 6.54 Å². The van der Waals surface area contributed by atoms with Crippen LogP contribution in [0.4, 0.5) is 10.5 Å². The molecule has 2 aromatic rings. The van der Waals surface area contributed by atoms with Crippen LogP contribution in [-0.2, 0) is 4.74 Å². The van der Waals surface area contributed by atoms with Crippen LogP contribution in [0.5, 0.6) is 0 Å². The normalized spacial score (nSPS) is 17.6. The Balaban J connectivity index is 1.71. The van der Waals surface area contributed by atoms with Gasteiger partial charge in [-0.05, 0) is 38.0 Å². The molecule has 0 radical (unpaired) electrons. The summed E-state index contributed by atoms with van der Waals surface area (Å²) < 4.78 is 7.43. The lowest BCUT2D eigenvalue weighted by molar-refractivity contribution is 0.137. The third-order valence-corrected chi connectivity index (χ3v) is 3.81. The molecule has 114 valence electrons. The van der Waals surface area contributed by atoms with Crippen LogP contribution in [0.25, 0.3) is 5.69 Å². The Kier molecular flexibility index (Phi) is 4.00. The van der Waals surface area contributed by atoms with Gasteiger partial charge in [-0.1, -0.05) is 23.8 Å². The van der Waals surface area contributed by atoms with E-state index in [1.807, 2.05) is 60.3 Å².